The number of amides is 1. The molecule has 0 radical (unpaired) electrons. The first-order chi connectivity index (χ1) is 11.6. The van der Waals surface area contributed by atoms with Crippen LogP contribution < -0.4 is 0 Å². The molecule has 1 saturated heterocycles. The molecule has 1 aromatic carbocycles. The number of hydrogen-bond donors (Lipinski definition) is 0. The molecule has 25 heavy (non-hydrogen) atoms. The Balaban J connectivity index is 1.52. The zero-order chi connectivity index (χ0) is 18.1. The monoisotopic (exact) mass is 353 g/mol. The highest BCUT2D eigenvalue weighted by molar-refractivity contribution is 5.87. The highest BCUT2D eigenvalue weighted by atomic mass is 19.4. The smallest absolute Gasteiger partial charge is 0.369 e. The van der Waals surface area contributed by atoms with Gasteiger partial charge in [0.25, 0.3) is 0 Å². The van der Waals surface area contributed by atoms with Gasteiger partial charge in [-0.2, -0.15) is 13.2 Å². The van der Waals surface area contributed by atoms with Crippen LogP contribution in [0.25, 0.3) is 0 Å². The minimum absolute atomic E-state index is 0.0498. The van der Waals surface area contributed by atoms with Gasteiger partial charge in [-0.25, -0.2) is 0 Å². The number of morpholine rings is 1. The van der Waals surface area contributed by atoms with Crippen molar-refractivity contribution in [3.05, 3.63) is 35.9 Å². The van der Waals surface area contributed by atoms with Gasteiger partial charge in [0, 0.05) is 0 Å². The van der Waals surface area contributed by atoms with Crippen LogP contribution in [-0.4, -0.2) is 35.7 Å². The molecule has 4 aliphatic rings. The molecular weight excluding hydrogens is 331 g/mol. The molecule has 136 valence electrons. The van der Waals surface area contributed by atoms with E-state index in [4.69, 9.17) is 4.74 Å². The van der Waals surface area contributed by atoms with E-state index in [-0.39, 0.29) is 31.3 Å². The first-order valence-corrected chi connectivity index (χ1v) is 8.64. The molecule has 6 heteroatoms. The molecule has 0 spiro atoms. The van der Waals surface area contributed by atoms with Crippen LogP contribution in [0.4, 0.5) is 13.2 Å². The fourth-order valence-electron chi connectivity index (χ4n) is 4.68. The molecule has 4 fully saturated rings. The summed E-state index contributed by atoms with van der Waals surface area (Å²) in [4.78, 5) is 14.9. The van der Waals surface area contributed by atoms with Crippen molar-refractivity contribution in [2.24, 2.45) is 10.8 Å². The first kappa shape index (κ1) is 16.9. The molecule has 1 atom stereocenters. The number of rotatable bonds is 2. The van der Waals surface area contributed by atoms with Crippen molar-refractivity contribution < 1.29 is 22.7 Å². The van der Waals surface area contributed by atoms with Gasteiger partial charge in [0.15, 0.2) is 0 Å². The van der Waals surface area contributed by atoms with Crippen LogP contribution in [0.1, 0.15) is 44.8 Å². The van der Waals surface area contributed by atoms with Gasteiger partial charge in [0.2, 0.25) is 5.91 Å². The zero-order valence-electron chi connectivity index (χ0n) is 14.4. The lowest BCUT2D eigenvalue weighted by Gasteiger charge is -2.70. The van der Waals surface area contributed by atoms with E-state index < -0.39 is 22.5 Å². The van der Waals surface area contributed by atoms with Crippen LogP contribution in [0, 0.1) is 10.8 Å². The third-order valence-electron chi connectivity index (χ3n) is 6.22. The Kier molecular flexibility index (Phi) is 3.37. The lowest BCUT2D eigenvalue weighted by Crippen LogP contribution is -2.74. The molecule has 1 unspecified atom stereocenters. The standard InChI is InChI=1S/C19H22F3NO2/c1-16(2)12-25-14(13-6-4-3-5-7-13)8-23(16)15(24)17-9-18(10-17,11-17)19(20,21)22/h3-7,14H,8-12H2,1-2H3. The summed E-state index contributed by atoms with van der Waals surface area (Å²) in [5.74, 6) is -0.132. The van der Waals surface area contributed by atoms with Crippen molar-refractivity contribution in [3.63, 3.8) is 0 Å². The number of hydrogen-bond acceptors (Lipinski definition) is 2. The molecule has 1 heterocycles. The Labute approximate surface area is 145 Å². The highest BCUT2D eigenvalue weighted by Crippen LogP contribution is 2.79. The summed E-state index contributed by atoms with van der Waals surface area (Å²) in [6.07, 6.45) is -4.58. The molecule has 3 saturated carbocycles. The molecule has 0 aromatic heterocycles. The van der Waals surface area contributed by atoms with Gasteiger partial charge in [-0.05, 0) is 38.7 Å². The third-order valence-corrected chi connectivity index (χ3v) is 6.22. The van der Waals surface area contributed by atoms with E-state index in [1.54, 1.807) is 4.90 Å². The number of ether oxygens (including phenoxy) is 1. The molecule has 0 N–H and O–H groups in total. The predicted octanol–water partition coefficient (Wildman–Crippen LogP) is 4.10. The van der Waals surface area contributed by atoms with E-state index in [0.29, 0.717) is 13.2 Å². The Morgan fingerprint density at radius 1 is 1.16 bits per heavy atom. The van der Waals surface area contributed by atoms with Crippen molar-refractivity contribution in [1.29, 1.82) is 0 Å². The summed E-state index contributed by atoms with van der Waals surface area (Å²) in [6.45, 7) is 4.59. The average molecular weight is 353 g/mol. The van der Waals surface area contributed by atoms with Crippen LogP contribution >= 0.6 is 0 Å². The van der Waals surface area contributed by atoms with Crippen LogP contribution in [0.3, 0.4) is 0 Å². The van der Waals surface area contributed by atoms with Crippen molar-refractivity contribution in [1.82, 2.24) is 4.90 Å². The van der Waals surface area contributed by atoms with Crippen molar-refractivity contribution in [3.8, 4) is 0 Å². The molecule has 3 aliphatic carbocycles. The van der Waals surface area contributed by atoms with Gasteiger partial charge in [-0.3, -0.25) is 4.79 Å². The molecule has 1 amide bonds. The number of alkyl halides is 3. The van der Waals surface area contributed by atoms with E-state index in [0.717, 1.165) is 5.56 Å². The largest absolute Gasteiger partial charge is 0.394 e. The fraction of sp³-hybridized carbons (Fsp3) is 0.632. The Morgan fingerprint density at radius 3 is 2.32 bits per heavy atom. The van der Waals surface area contributed by atoms with E-state index in [1.807, 2.05) is 44.2 Å². The fourth-order valence-corrected chi connectivity index (χ4v) is 4.68. The highest BCUT2D eigenvalue weighted by Gasteiger charge is 2.81. The molecular formula is C19H22F3NO2. The topological polar surface area (TPSA) is 29.5 Å². The molecule has 1 aliphatic heterocycles. The summed E-state index contributed by atoms with van der Waals surface area (Å²) in [7, 11) is 0. The summed E-state index contributed by atoms with van der Waals surface area (Å²) >= 11 is 0. The molecule has 3 nitrogen and oxygen atoms in total. The molecule has 1 aromatic rings. The lowest BCUT2D eigenvalue weighted by molar-refractivity contribution is -0.354. The molecule has 2 bridgehead atoms. The Bertz CT molecular complexity index is 679. The molecule has 5 rings (SSSR count). The van der Waals surface area contributed by atoms with E-state index in [2.05, 4.69) is 0 Å². The van der Waals surface area contributed by atoms with Gasteiger partial charge in [-0.15, -0.1) is 0 Å². The second-order valence-corrected chi connectivity index (χ2v) is 8.53. The minimum atomic E-state index is -4.19. The van der Waals surface area contributed by atoms with Crippen molar-refractivity contribution in [2.75, 3.05) is 13.2 Å². The summed E-state index contributed by atoms with van der Waals surface area (Å²) in [6, 6.07) is 9.64. The number of carbonyl (C=O) groups is 1. The summed E-state index contributed by atoms with van der Waals surface area (Å²) in [5.41, 5.74) is -1.92. The van der Waals surface area contributed by atoms with Crippen LogP contribution in [0.5, 0.6) is 0 Å². The number of benzene rings is 1. The maximum atomic E-state index is 13.1. The van der Waals surface area contributed by atoms with Gasteiger partial charge in [0.1, 0.15) is 6.10 Å². The number of halogens is 3. The zero-order valence-corrected chi connectivity index (χ0v) is 14.4. The quantitative estimate of drug-likeness (QED) is 0.801. The van der Waals surface area contributed by atoms with E-state index in [9.17, 15) is 18.0 Å². The second-order valence-electron chi connectivity index (χ2n) is 8.53. The van der Waals surface area contributed by atoms with Gasteiger partial charge in [0.05, 0.1) is 29.5 Å². The summed E-state index contributed by atoms with van der Waals surface area (Å²) in [5, 5.41) is 0. The third kappa shape index (κ3) is 2.33. The SMILES string of the molecule is CC1(C)COC(c2ccccc2)CN1C(=O)C12CC(C(F)(F)F)(C1)C2. The first-order valence-electron chi connectivity index (χ1n) is 8.64. The van der Waals surface area contributed by atoms with Crippen LogP contribution in [0.15, 0.2) is 30.3 Å². The summed E-state index contributed by atoms with van der Waals surface area (Å²) < 4.78 is 45.2. The maximum Gasteiger partial charge on any atom is 0.394 e. The predicted molar refractivity (Wildman–Crippen MR) is 85.7 cm³/mol. The lowest BCUT2D eigenvalue weighted by atomic mass is 9.34. The van der Waals surface area contributed by atoms with Crippen LogP contribution in [0.2, 0.25) is 0 Å². The van der Waals surface area contributed by atoms with Crippen LogP contribution in [-0.2, 0) is 9.53 Å². The number of nitrogens with zero attached hydrogens (tertiary/aromatic N) is 1. The van der Waals surface area contributed by atoms with Crippen molar-refractivity contribution >= 4 is 5.91 Å². The van der Waals surface area contributed by atoms with Gasteiger partial charge >= 0.3 is 6.18 Å². The normalized spacial score (nSPS) is 36.4. The minimum Gasteiger partial charge on any atom is -0.369 e. The van der Waals surface area contributed by atoms with Crippen molar-refractivity contribution in [2.45, 2.75) is 50.9 Å². The average Bonchev–Trinajstić information content (AvgIpc) is 2.43. The number of carbonyl (C=O) groups excluding carboxylic acids is 1. The Morgan fingerprint density at radius 2 is 1.76 bits per heavy atom. The van der Waals surface area contributed by atoms with E-state index in [1.165, 1.54) is 0 Å². The Hall–Kier alpha value is -1.56. The second kappa shape index (κ2) is 5.00. The van der Waals surface area contributed by atoms with E-state index >= 15 is 0 Å². The maximum absolute atomic E-state index is 13.1. The van der Waals surface area contributed by atoms with Gasteiger partial charge in [-0.1, -0.05) is 30.3 Å². The van der Waals surface area contributed by atoms with Gasteiger partial charge < -0.3 is 9.64 Å².